The van der Waals surface area contributed by atoms with Gasteiger partial charge in [-0.1, -0.05) is 25.1 Å². The van der Waals surface area contributed by atoms with Gasteiger partial charge in [-0.2, -0.15) is 10.2 Å². The second-order valence-electron chi connectivity index (χ2n) is 7.84. The fourth-order valence-electron chi connectivity index (χ4n) is 3.74. The van der Waals surface area contributed by atoms with Gasteiger partial charge in [0.15, 0.2) is 0 Å². The summed E-state index contributed by atoms with van der Waals surface area (Å²) in [4.78, 5) is 29.9. The van der Waals surface area contributed by atoms with Crippen LogP contribution in [-0.4, -0.2) is 54.8 Å². The lowest BCUT2D eigenvalue weighted by Gasteiger charge is -2.30. The molecule has 9 heteroatoms. The molecule has 160 valence electrons. The summed E-state index contributed by atoms with van der Waals surface area (Å²) in [5, 5.41) is 15.5. The zero-order valence-electron chi connectivity index (χ0n) is 17.6. The van der Waals surface area contributed by atoms with Gasteiger partial charge in [-0.25, -0.2) is 0 Å². The number of aromatic amines is 1. The Morgan fingerprint density at radius 2 is 2.00 bits per heavy atom. The van der Waals surface area contributed by atoms with Crippen LogP contribution < -0.4 is 5.32 Å². The molecule has 0 aliphatic carbocycles. The molecule has 2 N–H and O–H groups in total. The third kappa shape index (κ3) is 4.71. The number of aryl methyl sites for hydroxylation is 1. The summed E-state index contributed by atoms with van der Waals surface area (Å²) in [5.41, 5.74) is 2.19. The van der Waals surface area contributed by atoms with Crippen molar-refractivity contribution >= 4 is 39.3 Å². The molecule has 1 aliphatic heterocycles. The van der Waals surface area contributed by atoms with Crippen LogP contribution in [0.2, 0.25) is 0 Å². The number of benzene rings is 1. The standard InChI is InChI=1S/C14H17N5O2.C8H8N2/c1-9-3-2-4-19(8-9)14(21)13(20)17-11-7-15-5-10-6-16-18-12(10)11;1-10-6-7-4-2-3-5-8(7)9-10/h5-7,9H,2-4,8H2,1H3,(H,16,18)(H,17,20);2-6H,1H3. The molecule has 0 spiro atoms. The fraction of sp³-hybridized carbons (Fsp3) is 0.318. The third-order valence-electron chi connectivity index (χ3n) is 5.27. The first-order valence-electron chi connectivity index (χ1n) is 10.3. The molecule has 5 rings (SSSR count). The van der Waals surface area contributed by atoms with Crippen molar-refractivity contribution in [2.24, 2.45) is 13.0 Å². The number of likely N-dealkylation sites (tertiary alicyclic amines) is 1. The number of rotatable bonds is 1. The zero-order chi connectivity index (χ0) is 21.8. The van der Waals surface area contributed by atoms with Gasteiger partial charge >= 0.3 is 11.8 Å². The molecule has 3 aromatic heterocycles. The van der Waals surface area contributed by atoms with Gasteiger partial charge in [0.25, 0.3) is 0 Å². The number of nitrogens with one attached hydrogen (secondary N) is 2. The summed E-state index contributed by atoms with van der Waals surface area (Å²) in [6.07, 6.45) is 8.81. The normalized spacial score (nSPS) is 16.1. The molecule has 1 aliphatic rings. The topological polar surface area (TPSA) is 109 Å². The first kappa shape index (κ1) is 20.5. The van der Waals surface area contributed by atoms with Crippen molar-refractivity contribution in [3.8, 4) is 0 Å². The summed E-state index contributed by atoms with van der Waals surface area (Å²) in [7, 11) is 1.93. The largest absolute Gasteiger partial charge is 0.334 e. The molecule has 1 unspecified atom stereocenters. The van der Waals surface area contributed by atoms with Crippen LogP contribution in [0.3, 0.4) is 0 Å². The number of fused-ring (bicyclic) bond motifs is 2. The van der Waals surface area contributed by atoms with Gasteiger partial charge in [0.05, 0.1) is 29.1 Å². The highest BCUT2D eigenvalue weighted by molar-refractivity contribution is 6.40. The van der Waals surface area contributed by atoms with Crippen molar-refractivity contribution in [2.75, 3.05) is 18.4 Å². The SMILES string of the molecule is CC1CCCN(C(=O)C(=O)Nc2cncc3cn[nH]c23)C1.Cn1cc2ccccc2n1. The van der Waals surface area contributed by atoms with Crippen LogP contribution >= 0.6 is 0 Å². The van der Waals surface area contributed by atoms with E-state index in [1.54, 1.807) is 17.3 Å². The number of nitrogens with zero attached hydrogens (tertiary/aromatic N) is 5. The summed E-state index contributed by atoms with van der Waals surface area (Å²) in [5.74, 6) is -0.681. The van der Waals surface area contributed by atoms with E-state index in [1.165, 1.54) is 11.6 Å². The average molecular weight is 419 g/mol. The number of pyridine rings is 1. The van der Waals surface area contributed by atoms with Crippen molar-refractivity contribution in [2.45, 2.75) is 19.8 Å². The minimum absolute atomic E-state index is 0.438. The molecule has 0 saturated carbocycles. The highest BCUT2D eigenvalue weighted by Gasteiger charge is 2.26. The number of hydrogen-bond acceptors (Lipinski definition) is 5. The van der Waals surface area contributed by atoms with Crippen LogP contribution in [0.15, 0.2) is 49.1 Å². The molecule has 9 nitrogen and oxygen atoms in total. The quantitative estimate of drug-likeness (QED) is 0.461. The average Bonchev–Trinajstić information content (AvgIpc) is 3.39. The molecule has 4 aromatic rings. The van der Waals surface area contributed by atoms with Crippen LogP contribution in [0, 0.1) is 5.92 Å². The van der Waals surface area contributed by atoms with Gasteiger partial charge in [-0.05, 0) is 24.8 Å². The molecule has 1 fully saturated rings. The van der Waals surface area contributed by atoms with Gasteiger partial charge in [0, 0.05) is 43.3 Å². The lowest BCUT2D eigenvalue weighted by atomic mass is 10.0. The van der Waals surface area contributed by atoms with Gasteiger partial charge in [0.1, 0.15) is 0 Å². The first-order valence-corrected chi connectivity index (χ1v) is 10.3. The minimum atomic E-state index is -0.631. The van der Waals surface area contributed by atoms with Crippen LogP contribution in [0.1, 0.15) is 19.8 Å². The number of aromatic nitrogens is 5. The molecular weight excluding hydrogens is 394 g/mol. The van der Waals surface area contributed by atoms with E-state index in [4.69, 9.17) is 0 Å². The Morgan fingerprint density at radius 1 is 1.16 bits per heavy atom. The Labute approximate surface area is 179 Å². The minimum Gasteiger partial charge on any atom is -0.334 e. The van der Waals surface area contributed by atoms with E-state index < -0.39 is 11.8 Å². The predicted octanol–water partition coefficient (Wildman–Crippen LogP) is 2.73. The van der Waals surface area contributed by atoms with E-state index in [0.29, 0.717) is 30.2 Å². The third-order valence-corrected chi connectivity index (χ3v) is 5.27. The van der Waals surface area contributed by atoms with E-state index >= 15 is 0 Å². The molecule has 1 aromatic carbocycles. The van der Waals surface area contributed by atoms with Crippen LogP contribution in [-0.2, 0) is 16.6 Å². The molecule has 2 amide bonds. The Morgan fingerprint density at radius 3 is 2.81 bits per heavy atom. The van der Waals surface area contributed by atoms with E-state index in [-0.39, 0.29) is 0 Å². The van der Waals surface area contributed by atoms with Crippen molar-refractivity contribution in [3.63, 3.8) is 0 Å². The maximum Gasteiger partial charge on any atom is 0.314 e. The second kappa shape index (κ2) is 8.95. The molecule has 1 saturated heterocycles. The Bertz CT molecular complexity index is 1180. The highest BCUT2D eigenvalue weighted by atomic mass is 16.2. The summed E-state index contributed by atoms with van der Waals surface area (Å²) >= 11 is 0. The van der Waals surface area contributed by atoms with Gasteiger partial charge < -0.3 is 10.2 Å². The smallest absolute Gasteiger partial charge is 0.314 e. The predicted molar refractivity (Wildman–Crippen MR) is 118 cm³/mol. The van der Waals surface area contributed by atoms with Crippen molar-refractivity contribution in [1.29, 1.82) is 0 Å². The summed E-state index contributed by atoms with van der Waals surface area (Å²) in [6.45, 7) is 3.37. The molecule has 31 heavy (non-hydrogen) atoms. The number of H-pyrrole nitrogens is 1. The molecule has 0 bridgehead atoms. The van der Waals surface area contributed by atoms with Gasteiger partial charge in [0.2, 0.25) is 0 Å². The Hall–Kier alpha value is -3.75. The van der Waals surface area contributed by atoms with E-state index in [0.717, 1.165) is 23.7 Å². The number of anilines is 1. The number of amides is 2. The maximum atomic E-state index is 12.2. The monoisotopic (exact) mass is 419 g/mol. The molecule has 1 atom stereocenters. The maximum absolute atomic E-state index is 12.2. The van der Waals surface area contributed by atoms with Crippen molar-refractivity contribution in [3.05, 3.63) is 49.1 Å². The van der Waals surface area contributed by atoms with Gasteiger partial charge in [-0.3, -0.25) is 24.4 Å². The number of piperidine rings is 1. The number of hydrogen-bond donors (Lipinski definition) is 2. The second-order valence-corrected chi connectivity index (χ2v) is 7.84. The van der Waals surface area contributed by atoms with Gasteiger partial charge in [-0.15, -0.1) is 0 Å². The lowest BCUT2D eigenvalue weighted by Crippen LogP contribution is -2.44. The van der Waals surface area contributed by atoms with E-state index in [9.17, 15) is 9.59 Å². The van der Waals surface area contributed by atoms with Crippen molar-refractivity contribution < 1.29 is 9.59 Å². The van der Waals surface area contributed by atoms with Crippen molar-refractivity contribution in [1.82, 2.24) is 29.9 Å². The Balaban J connectivity index is 0.000000192. The fourth-order valence-corrected chi connectivity index (χ4v) is 3.74. The Kier molecular flexibility index (Phi) is 5.92. The highest BCUT2D eigenvalue weighted by Crippen LogP contribution is 2.20. The zero-order valence-corrected chi connectivity index (χ0v) is 17.6. The molecule has 0 radical (unpaired) electrons. The molecule has 4 heterocycles. The first-order chi connectivity index (χ1) is 15.0. The van der Waals surface area contributed by atoms with Crippen LogP contribution in [0.5, 0.6) is 0 Å². The summed E-state index contributed by atoms with van der Waals surface area (Å²) in [6, 6.07) is 8.08. The number of carbonyl (C=O) groups is 2. The summed E-state index contributed by atoms with van der Waals surface area (Å²) < 4.78 is 1.82. The molecular formula is C22H25N7O2. The van der Waals surface area contributed by atoms with E-state index in [2.05, 4.69) is 38.6 Å². The van der Waals surface area contributed by atoms with Crippen LogP contribution in [0.4, 0.5) is 5.69 Å². The van der Waals surface area contributed by atoms with Crippen LogP contribution in [0.25, 0.3) is 21.8 Å². The van der Waals surface area contributed by atoms with E-state index in [1.807, 2.05) is 36.1 Å². The lowest BCUT2D eigenvalue weighted by molar-refractivity contribution is -0.144. The number of carbonyl (C=O) groups excluding carboxylic acids is 2.